The number of methoxy groups -OCH3 is 1. The van der Waals surface area contributed by atoms with Gasteiger partial charge in [-0.15, -0.1) is 0 Å². The molecule has 1 aliphatic rings. The fourth-order valence-electron chi connectivity index (χ4n) is 3.69. The van der Waals surface area contributed by atoms with E-state index in [-0.39, 0.29) is 6.04 Å². The van der Waals surface area contributed by atoms with E-state index in [0.29, 0.717) is 0 Å². The average molecular weight is 306 g/mol. The standard InChI is InChI=1S/C20H22N2O/c1-12-5-4-6-15(13(12)2)19-20-16(9-10-21-19)17-11-14(23-3)7-8-18(17)22-20/h4-8,11,19,21-22H,9-10H2,1-3H3. The Balaban J connectivity index is 1.90. The summed E-state index contributed by atoms with van der Waals surface area (Å²) < 4.78 is 5.40. The van der Waals surface area contributed by atoms with Crippen molar-refractivity contribution >= 4 is 10.9 Å². The average Bonchev–Trinajstić information content (AvgIpc) is 2.95. The van der Waals surface area contributed by atoms with Crippen LogP contribution in [0.1, 0.15) is 34.0 Å². The molecule has 0 bridgehead atoms. The molecule has 3 nitrogen and oxygen atoms in total. The lowest BCUT2D eigenvalue weighted by atomic mass is 9.90. The molecule has 2 heterocycles. The molecule has 0 fully saturated rings. The minimum atomic E-state index is 0.233. The summed E-state index contributed by atoms with van der Waals surface area (Å²) in [5.74, 6) is 0.918. The molecule has 118 valence electrons. The lowest BCUT2D eigenvalue weighted by molar-refractivity contribution is 0.415. The van der Waals surface area contributed by atoms with E-state index in [0.717, 1.165) is 18.7 Å². The number of ether oxygens (including phenoxy) is 1. The van der Waals surface area contributed by atoms with Crippen LogP contribution in [0.15, 0.2) is 36.4 Å². The van der Waals surface area contributed by atoms with Gasteiger partial charge in [0.05, 0.1) is 13.2 Å². The van der Waals surface area contributed by atoms with E-state index in [1.165, 1.54) is 38.9 Å². The van der Waals surface area contributed by atoms with Crippen LogP contribution in [0, 0.1) is 13.8 Å². The van der Waals surface area contributed by atoms with E-state index in [9.17, 15) is 0 Å². The molecular weight excluding hydrogens is 284 g/mol. The van der Waals surface area contributed by atoms with Gasteiger partial charge in [0, 0.05) is 23.1 Å². The maximum Gasteiger partial charge on any atom is 0.119 e. The molecular formula is C20H22N2O. The van der Waals surface area contributed by atoms with E-state index in [4.69, 9.17) is 4.74 Å². The predicted octanol–water partition coefficient (Wildman–Crippen LogP) is 4.03. The molecule has 3 aromatic rings. The molecule has 0 spiro atoms. The van der Waals surface area contributed by atoms with Gasteiger partial charge in [-0.1, -0.05) is 18.2 Å². The molecule has 23 heavy (non-hydrogen) atoms. The number of rotatable bonds is 2. The zero-order valence-electron chi connectivity index (χ0n) is 13.9. The molecule has 1 aromatic heterocycles. The Kier molecular flexibility index (Phi) is 3.38. The van der Waals surface area contributed by atoms with Gasteiger partial charge in [0.1, 0.15) is 5.75 Å². The van der Waals surface area contributed by atoms with Crippen molar-refractivity contribution in [1.82, 2.24) is 10.3 Å². The van der Waals surface area contributed by atoms with Gasteiger partial charge >= 0.3 is 0 Å². The summed E-state index contributed by atoms with van der Waals surface area (Å²) in [4.78, 5) is 3.64. The van der Waals surface area contributed by atoms with Crippen molar-refractivity contribution in [2.45, 2.75) is 26.3 Å². The predicted molar refractivity (Wildman–Crippen MR) is 94.3 cm³/mol. The number of nitrogens with one attached hydrogen (secondary N) is 2. The summed E-state index contributed by atoms with van der Waals surface area (Å²) >= 11 is 0. The van der Waals surface area contributed by atoms with Crippen LogP contribution in [0.25, 0.3) is 10.9 Å². The quantitative estimate of drug-likeness (QED) is 0.750. The summed E-state index contributed by atoms with van der Waals surface area (Å²) in [6, 6.07) is 13.1. The molecule has 3 heteroatoms. The molecule has 1 unspecified atom stereocenters. The first kappa shape index (κ1) is 14.3. The van der Waals surface area contributed by atoms with E-state index in [1.807, 2.05) is 6.07 Å². The second-order valence-electron chi connectivity index (χ2n) is 6.36. The van der Waals surface area contributed by atoms with Crippen molar-refractivity contribution in [3.63, 3.8) is 0 Å². The fraction of sp³-hybridized carbons (Fsp3) is 0.300. The van der Waals surface area contributed by atoms with Gasteiger partial charge in [0.15, 0.2) is 0 Å². The van der Waals surface area contributed by atoms with Crippen LogP contribution in [0.5, 0.6) is 5.75 Å². The highest BCUT2D eigenvalue weighted by molar-refractivity contribution is 5.86. The number of fused-ring (bicyclic) bond motifs is 3. The maximum atomic E-state index is 5.40. The third-order valence-corrected chi connectivity index (χ3v) is 5.12. The van der Waals surface area contributed by atoms with E-state index in [2.05, 4.69) is 54.5 Å². The molecule has 2 N–H and O–H groups in total. The van der Waals surface area contributed by atoms with Gasteiger partial charge in [-0.2, -0.15) is 0 Å². The maximum absolute atomic E-state index is 5.40. The normalized spacial score (nSPS) is 17.3. The summed E-state index contributed by atoms with van der Waals surface area (Å²) in [6.45, 7) is 5.39. The van der Waals surface area contributed by atoms with Crippen LogP contribution in [-0.4, -0.2) is 18.6 Å². The first-order valence-electron chi connectivity index (χ1n) is 8.17. The molecule has 1 aliphatic heterocycles. The molecule has 0 saturated carbocycles. The lowest BCUT2D eigenvalue weighted by Gasteiger charge is -2.26. The minimum absolute atomic E-state index is 0.233. The highest BCUT2D eigenvalue weighted by Crippen LogP contribution is 2.36. The van der Waals surface area contributed by atoms with Crippen molar-refractivity contribution in [2.24, 2.45) is 0 Å². The van der Waals surface area contributed by atoms with Crippen molar-refractivity contribution in [3.05, 3.63) is 64.3 Å². The SMILES string of the molecule is COc1ccc2[nH]c3c(c2c1)CCNC3c1cccc(C)c1C. The van der Waals surface area contributed by atoms with E-state index >= 15 is 0 Å². The van der Waals surface area contributed by atoms with Gasteiger partial charge in [-0.3, -0.25) is 0 Å². The van der Waals surface area contributed by atoms with Crippen LogP contribution in [0.2, 0.25) is 0 Å². The highest BCUT2D eigenvalue weighted by Gasteiger charge is 2.26. The zero-order valence-corrected chi connectivity index (χ0v) is 13.9. The Hall–Kier alpha value is -2.26. The largest absolute Gasteiger partial charge is 0.497 e. The highest BCUT2D eigenvalue weighted by atomic mass is 16.5. The van der Waals surface area contributed by atoms with Crippen molar-refractivity contribution in [1.29, 1.82) is 0 Å². The first-order chi connectivity index (χ1) is 11.2. The number of hydrogen-bond acceptors (Lipinski definition) is 2. The van der Waals surface area contributed by atoms with Gasteiger partial charge < -0.3 is 15.0 Å². The first-order valence-corrected chi connectivity index (χ1v) is 8.17. The van der Waals surface area contributed by atoms with Crippen LogP contribution in [0.3, 0.4) is 0 Å². The van der Waals surface area contributed by atoms with Crippen molar-refractivity contribution < 1.29 is 4.74 Å². The molecule has 0 saturated heterocycles. The second-order valence-corrected chi connectivity index (χ2v) is 6.36. The zero-order chi connectivity index (χ0) is 16.0. The minimum Gasteiger partial charge on any atom is -0.497 e. The van der Waals surface area contributed by atoms with Gasteiger partial charge in [0.2, 0.25) is 0 Å². The lowest BCUT2D eigenvalue weighted by Crippen LogP contribution is -2.31. The summed E-state index contributed by atoms with van der Waals surface area (Å²) in [7, 11) is 1.72. The number of aromatic nitrogens is 1. The van der Waals surface area contributed by atoms with Gasteiger partial charge in [0.25, 0.3) is 0 Å². The Bertz CT molecular complexity index is 879. The fourth-order valence-corrected chi connectivity index (χ4v) is 3.69. The van der Waals surface area contributed by atoms with E-state index < -0.39 is 0 Å². The Morgan fingerprint density at radius 3 is 2.83 bits per heavy atom. The molecule has 0 amide bonds. The van der Waals surface area contributed by atoms with Crippen LogP contribution < -0.4 is 10.1 Å². The Morgan fingerprint density at radius 1 is 1.13 bits per heavy atom. The topological polar surface area (TPSA) is 37.0 Å². The number of hydrogen-bond donors (Lipinski definition) is 2. The third kappa shape index (κ3) is 2.23. The molecule has 0 aliphatic carbocycles. The summed E-state index contributed by atoms with van der Waals surface area (Å²) in [5, 5.41) is 4.97. The number of H-pyrrole nitrogens is 1. The van der Waals surface area contributed by atoms with Gasteiger partial charge in [-0.25, -0.2) is 0 Å². The van der Waals surface area contributed by atoms with E-state index in [1.54, 1.807) is 7.11 Å². The smallest absolute Gasteiger partial charge is 0.119 e. The summed E-state index contributed by atoms with van der Waals surface area (Å²) in [5.41, 5.74) is 7.99. The summed E-state index contributed by atoms with van der Waals surface area (Å²) in [6.07, 6.45) is 1.05. The van der Waals surface area contributed by atoms with Gasteiger partial charge in [-0.05, 0) is 60.7 Å². The van der Waals surface area contributed by atoms with Crippen molar-refractivity contribution in [3.8, 4) is 5.75 Å². The third-order valence-electron chi connectivity index (χ3n) is 5.12. The number of aryl methyl sites for hydroxylation is 1. The molecule has 0 radical (unpaired) electrons. The molecule has 2 aromatic carbocycles. The van der Waals surface area contributed by atoms with Crippen LogP contribution in [0.4, 0.5) is 0 Å². The molecule has 1 atom stereocenters. The van der Waals surface area contributed by atoms with Crippen LogP contribution >= 0.6 is 0 Å². The molecule has 4 rings (SSSR count). The monoisotopic (exact) mass is 306 g/mol. The second kappa shape index (κ2) is 5.43. The number of aromatic amines is 1. The van der Waals surface area contributed by atoms with Crippen molar-refractivity contribution in [2.75, 3.05) is 13.7 Å². The Morgan fingerprint density at radius 2 is 2.00 bits per heavy atom. The van der Waals surface area contributed by atoms with Crippen LogP contribution in [-0.2, 0) is 6.42 Å². The number of benzene rings is 2. The Labute approximate surface area is 136 Å².